The lowest BCUT2D eigenvalue weighted by molar-refractivity contribution is -0.137. The van der Waals surface area contributed by atoms with E-state index < -0.39 is 5.97 Å². The van der Waals surface area contributed by atoms with Crippen LogP contribution >= 0.6 is 12.2 Å². The Morgan fingerprint density at radius 2 is 1.81 bits per heavy atom. The normalized spacial score (nSPS) is 26.5. The molecular formula is C19H30N2O4S. The second-order valence-corrected chi connectivity index (χ2v) is 7.63. The maximum absolute atomic E-state index is 12.0. The summed E-state index contributed by atoms with van der Waals surface area (Å²) >= 11 is 4.96. The number of rotatable bonds is 12. The highest BCUT2D eigenvalue weighted by Crippen LogP contribution is 2.45. The summed E-state index contributed by atoms with van der Waals surface area (Å²) in [5.74, 6) is 0.0915. The molecule has 4 atom stereocenters. The van der Waals surface area contributed by atoms with E-state index in [0.717, 1.165) is 44.9 Å². The molecule has 0 aromatic carbocycles. The van der Waals surface area contributed by atoms with Gasteiger partial charge in [0.1, 0.15) is 0 Å². The maximum atomic E-state index is 12.0. The number of thiocarbonyl (C=S) groups is 1. The van der Waals surface area contributed by atoms with Gasteiger partial charge in [-0.25, -0.2) is 0 Å². The predicted octanol–water partition coefficient (Wildman–Crippen LogP) is 2.42. The molecule has 0 saturated carbocycles. The van der Waals surface area contributed by atoms with Crippen LogP contribution in [0.1, 0.15) is 51.4 Å². The minimum atomic E-state index is -0.717. The Morgan fingerprint density at radius 3 is 2.50 bits per heavy atom. The van der Waals surface area contributed by atoms with Gasteiger partial charge >= 0.3 is 5.97 Å². The lowest BCUT2D eigenvalue weighted by Crippen LogP contribution is -2.42. The molecular weight excluding hydrogens is 352 g/mol. The molecule has 0 aliphatic carbocycles. The van der Waals surface area contributed by atoms with Crippen LogP contribution in [0.4, 0.5) is 0 Å². The molecule has 146 valence electrons. The number of carbonyl (C=O) groups is 2. The van der Waals surface area contributed by atoms with E-state index >= 15 is 0 Å². The summed E-state index contributed by atoms with van der Waals surface area (Å²) in [6.07, 6.45) is 9.52. The van der Waals surface area contributed by atoms with Crippen molar-refractivity contribution in [1.29, 1.82) is 0 Å². The quantitative estimate of drug-likeness (QED) is 0.273. The molecule has 2 fully saturated rings. The first kappa shape index (κ1) is 20.8. The molecule has 1 amide bonds. The number of unbranched alkanes of at least 4 members (excludes halogenated alkanes) is 3. The van der Waals surface area contributed by atoms with Gasteiger partial charge in [-0.15, -0.1) is 0 Å². The number of nitrogens with one attached hydrogen (secondary N) is 2. The molecule has 4 unspecified atom stereocenters. The van der Waals surface area contributed by atoms with Crippen molar-refractivity contribution in [2.45, 2.75) is 63.6 Å². The Labute approximate surface area is 160 Å². The van der Waals surface area contributed by atoms with Crippen molar-refractivity contribution in [3.8, 4) is 0 Å². The van der Waals surface area contributed by atoms with Crippen LogP contribution in [0.25, 0.3) is 0 Å². The highest BCUT2D eigenvalue weighted by atomic mass is 32.1. The van der Waals surface area contributed by atoms with Gasteiger partial charge in [-0.2, -0.15) is 0 Å². The summed E-state index contributed by atoms with van der Waals surface area (Å²) in [4.78, 5) is 23.0. The van der Waals surface area contributed by atoms with E-state index in [2.05, 4.69) is 17.2 Å². The lowest BCUT2D eigenvalue weighted by atomic mass is 9.76. The first-order chi connectivity index (χ1) is 12.5. The molecule has 3 N–H and O–H groups in total. The number of carboxylic acid groups (broad SMARTS) is 1. The van der Waals surface area contributed by atoms with Crippen molar-refractivity contribution in [2.24, 2.45) is 11.8 Å². The molecule has 2 aliphatic heterocycles. The van der Waals surface area contributed by atoms with Crippen LogP contribution in [-0.2, 0) is 14.3 Å². The topological polar surface area (TPSA) is 87.7 Å². The van der Waals surface area contributed by atoms with Crippen LogP contribution in [0, 0.1) is 11.8 Å². The molecule has 2 saturated heterocycles. The number of carboxylic acids is 1. The maximum Gasteiger partial charge on any atom is 0.303 e. The molecule has 0 aromatic heterocycles. The van der Waals surface area contributed by atoms with Gasteiger partial charge in [-0.05, 0) is 37.7 Å². The second-order valence-electron chi connectivity index (χ2n) is 7.19. The van der Waals surface area contributed by atoms with Crippen molar-refractivity contribution in [3.63, 3.8) is 0 Å². The summed E-state index contributed by atoms with van der Waals surface area (Å²) < 4.78 is 6.08. The number of ether oxygens (including phenoxy) is 1. The zero-order valence-corrected chi connectivity index (χ0v) is 16.1. The first-order valence-corrected chi connectivity index (χ1v) is 9.96. The molecule has 2 rings (SSSR count). The van der Waals surface area contributed by atoms with Gasteiger partial charge in [0.25, 0.3) is 0 Å². The van der Waals surface area contributed by atoms with Crippen LogP contribution in [0.15, 0.2) is 12.7 Å². The van der Waals surface area contributed by atoms with Crippen LogP contribution < -0.4 is 10.6 Å². The van der Waals surface area contributed by atoms with Gasteiger partial charge in [0.15, 0.2) is 0 Å². The zero-order chi connectivity index (χ0) is 18.9. The van der Waals surface area contributed by atoms with Crippen LogP contribution in [0.2, 0.25) is 0 Å². The fourth-order valence-electron chi connectivity index (χ4n) is 4.10. The number of aliphatic carboxylic acids is 1. The van der Waals surface area contributed by atoms with E-state index in [4.69, 9.17) is 22.1 Å². The van der Waals surface area contributed by atoms with Crippen LogP contribution in [-0.4, -0.2) is 47.3 Å². The second kappa shape index (κ2) is 10.6. The lowest BCUT2D eigenvalue weighted by Gasteiger charge is -2.28. The Morgan fingerprint density at radius 1 is 1.12 bits per heavy atom. The average Bonchev–Trinajstić information content (AvgIpc) is 3.22. The number of amides is 1. The largest absolute Gasteiger partial charge is 0.481 e. The Hall–Kier alpha value is -1.47. The smallest absolute Gasteiger partial charge is 0.303 e. The van der Waals surface area contributed by atoms with E-state index in [0.29, 0.717) is 29.5 Å². The molecule has 7 heteroatoms. The summed E-state index contributed by atoms with van der Waals surface area (Å²) in [5, 5.41) is 14.5. The Bertz CT molecular complexity index is 526. The Balaban J connectivity index is 1.68. The zero-order valence-electron chi connectivity index (χ0n) is 15.2. The van der Waals surface area contributed by atoms with Gasteiger partial charge in [0.05, 0.1) is 23.7 Å². The number of fused-ring (bicyclic) bond motifs is 2. The number of hydrogen-bond acceptors (Lipinski definition) is 4. The minimum absolute atomic E-state index is 0.0654. The molecule has 0 radical (unpaired) electrons. The molecule has 0 aromatic rings. The molecule has 2 heterocycles. The number of hydrogen-bond donors (Lipinski definition) is 3. The molecule has 26 heavy (non-hydrogen) atoms. The molecule has 0 spiro atoms. The minimum Gasteiger partial charge on any atom is -0.481 e. The third-order valence-corrected chi connectivity index (χ3v) is 5.72. The van der Waals surface area contributed by atoms with Crippen molar-refractivity contribution in [3.05, 3.63) is 12.7 Å². The average molecular weight is 383 g/mol. The summed E-state index contributed by atoms with van der Waals surface area (Å²) in [7, 11) is 0. The predicted molar refractivity (Wildman–Crippen MR) is 104 cm³/mol. The fourth-order valence-corrected chi connectivity index (χ4v) is 4.17. The van der Waals surface area contributed by atoms with E-state index in [1.165, 1.54) is 6.08 Å². The highest BCUT2D eigenvalue weighted by molar-refractivity contribution is 7.80. The van der Waals surface area contributed by atoms with Crippen molar-refractivity contribution < 1.29 is 19.4 Å². The van der Waals surface area contributed by atoms with Gasteiger partial charge in [0.2, 0.25) is 5.91 Å². The monoisotopic (exact) mass is 382 g/mol. The molecule has 2 bridgehead atoms. The standard InChI is InChI=1S/C19H30N2O4S/c1-2-18(26)21-12-17(22)20-11-14-13(15-9-10-16(14)25-15)7-5-3-4-6-8-19(23)24/h2,13-16H,1,3-12H2,(H,20,22)(H,21,26)(H,23,24). The summed E-state index contributed by atoms with van der Waals surface area (Å²) in [5.41, 5.74) is 0. The van der Waals surface area contributed by atoms with Gasteiger partial charge in [-0.3, -0.25) is 9.59 Å². The van der Waals surface area contributed by atoms with Crippen LogP contribution in [0.3, 0.4) is 0 Å². The molecule has 6 nitrogen and oxygen atoms in total. The van der Waals surface area contributed by atoms with Gasteiger partial charge in [0, 0.05) is 18.9 Å². The SMILES string of the molecule is C=CC(=S)NCC(=O)NCC1C2CCC(O2)C1CCCCCCC(=O)O. The fraction of sp³-hybridized carbons (Fsp3) is 0.737. The van der Waals surface area contributed by atoms with Crippen molar-refractivity contribution >= 4 is 29.1 Å². The van der Waals surface area contributed by atoms with E-state index in [1.54, 1.807) is 0 Å². The van der Waals surface area contributed by atoms with E-state index in [9.17, 15) is 9.59 Å². The third kappa shape index (κ3) is 6.36. The van der Waals surface area contributed by atoms with Crippen molar-refractivity contribution in [1.82, 2.24) is 10.6 Å². The summed E-state index contributed by atoms with van der Waals surface area (Å²) in [6.45, 7) is 4.37. The number of carbonyl (C=O) groups excluding carboxylic acids is 1. The van der Waals surface area contributed by atoms with Gasteiger partial charge < -0.3 is 20.5 Å². The Kier molecular flexibility index (Phi) is 8.51. The van der Waals surface area contributed by atoms with Crippen molar-refractivity contribution in [2.75, 3.05) is 13.1 Å². The third-order valence-electron chi connectivity index (χ3n) is 5.41. The van der Waals surface area contributed by atoms with E-state index in [-0.39, 0.29) is 25.0 Å². The first-order valence-electron chi connectivity index (χ1n) is 9.55. The van der Waals surface area contributed by atoms with Crippen LogP contribution in [0.5, 0.6) is 0 Å². The van der Waals surface area contributed by atoms with Gasteiger partial charge in [-0.1, -0.05) is 38.1 Å². The highest BCUT2D eigenvalue weighted by Gasteiger charge is 2.48. The molecule has 2 aliphatic rings. The summed E-state index contributed by atoms with van der Waals surface area (Å²) in [6, 6.07) is 0. The van der Waals surface area contributed by atoms with E-state index in [1.807, 2.05) is 0 Å².